The van der Waals surface area contributed by atoms with Crippen LogP contribution in [0.3, 0.4) is 0 Å². The van der Waals surface area contributed by atoms with Gasteiger partial charge in [-0.2, -0.15) is 0 Å². The molecular formula is C15H26N4. The van der Waals surface area contributed by atoms with Crippen molar-refractivity contribution in [1.82, 2.24) is 9.88 Å². The van der Waals surface area contributed by atoms with Gasteiger partial charge in [-0.05, 0) is 52.4 Å². The first-order valence-corrected chi connectivity index (χ1v) is 7.15. The maximum Gasteiger partial charge on any atom is 0.133 e. The predicted octanol–water partition coefficient (Wildman–Crippen LogP) is 1.69. The van der Waals surface area contributed by atoms with Gasteiger partial charge in [0.05, 0.1) is 0 Å². The second-order valence-electron chi connectivity index (χ2n) is 5.75. The van der Waals surface area contributed by atoms with Gasteiger partial charge in [0.15, 0.2) is 0 Å². The van der Waals surface area contributed by atoms with Crippen molar-refractivity contribution in [2.45, 2.75) is 39.8 Å². The molecule has 106 valence electrons. The number of aromatic nitrogens is 1. The van der Waals surface area contributed by atoms with Gasteiger partial charge in [0.1, 0.15) is 5.82 Å². The molecule has 1 aliphatic heterocycles. The molecule has 0 aliphatic carbocycles. The van der Waals surface area contributed by atoms with E-state index in [1.54, 1.807) is 0 Å². The van der Waals surface area contributed by atoms with Crippen LogP contribution < -0.4 is 10.6 Å². The van der Waals surface area contributed by atoms with Gasteiger partial charge >= 0.3 is 0 Å². The summed E-state index contributed by atoms with van der Waals surface area (Å²) in [5.41, 5.74) is 9.48. The number of pyridine rings is 1. The zero-order valence-corrected chi connectivity index (χ0v) is 12.6. The summed E-state index contributed by atoms with van der Waals surface area (Å²) in [5.74, 6) is 1.10. The summed E-state index contributed by atoms with van der Waals surface area (Å²) in [5, 5.41) is 0. The summed E-state index contributed by atoms with van der Waals surface area (Å²) in [6, 6.07) is 2.60. The van der Waals surface area contributed by atoms with Crippen molar-refractivity contribution in [2.75, 3.05) is 31.6 Å². The molecule has 1 atom stereocenters. The van der Waals surface area contributed by atoms with E-state index in [2.05, 4.69) is 43.7 Å². The Morgan fingerprint density at radius 2 is 2.11 bits per heavy atom. The van der Waals surface area contributed by atoms with Crippen molar-refractivity contribution >= 4 is 5.82 Å². The fraction of sp³-hybridized carbons (Fsp3) is 0.667. The minimum atomic E-state index is 0.478. The van der Waals surface area contributed by atoms with Gasteiger partial charge < -0.3 is 15.5 Å². The lowest BCUT2D eigenvalue weighted by atomic mass is 10.1. The Morgan fingerprint density at radius 1 is 1.37 bits per heavy atom. The minimum absolute atomic E-state index is 0.478. The summed E-state index contributed by atoms with van der Waals surface area (Å²) >= 11 is 0. The molecule has 1 aromatic rings. The number of likely N-dealkylation sites (N-methyl/N-ethyl adjacent to an activating group) is 1. The molecule has 0 aromatic carbocycles. The van der Waals surface area contributed by atoms with Crippen LogP contribution in [0.1, 0.15) is 30.2 Å². The Bertz CT molecular complexity index is 444. The van der Waals surface area contributed by atoms with Crippen molar-refractivity contribution in [3.8, 4) is 0 Å². The Labute approximate surface area is 116 Å². The van der Waals surface area contributed by atoms with Crippen LogP contribution in [0, 0.1) is 13.8 Å². The first kappa shape index (κ1) is 14.3. The van der Waals surface area contributed by atoms with Crippen LogP contribution in [0.5, 0.6) is 0 Å². The maximum atomic E-state index is 5.94. The molecule has 1 unspecified atom stereocenters. The smallest absolute Gasteiger partial charge is 0.133 e. The second-order valence-corrected chi connectivity index (χ2v) is 5.75. The van der Waals surface area contributed by atoms with Crippen LogP contribution in [-0.4, -0.2) is 42.6 Å². The van der Waals surface area contributed by atoms with Gasteiger partial charge in [-0.25, -0.2) is 4.98 Å². The van der Waals surface area contributed by atoms with E-state index in [1.807, 2.05) is 0 Å². The van der Waals surface area contributed by atoms with Crippen molar-refractivity contribution in [2.24, 2.45) is 5.73 Å². The fourth-order valence-corrected chi connectivity index (χ4v) is 3.02. The number of hydrogen-bond donors (Lipinski definition) is 1. The van der Waals surface area contributed by atoms with Gasteiger partial charge in [0, 0.05) is 36.9 Å². The SMILES string of the molecule is Cc1cc(C)c(CN)c(N2CCCN(C)CC2C)n1. The summed E-state index contributed by atoms with van der Waals surface area (Å²) < 4.78 is 0. The van der Waals surface area contributed by atoms with Crippen molar-refractivity contribution < 1.29 is 0 Å². The minimum Gasteiger partial charge on any atom is -0.352 e. The third-order valence-corrected chi connectivity index (χ3v) is 3.98. The summed E-state index contributed by atoms with van der Waals surface area (Å²) in [6.45, 7) is 10.3. The zero-order valence-electron chi connectivity index (χ0n) is 12.6. The zero-order chi connectivity index (χ0) is 14.0. The van der Waals surface area contributed by atoms with Crippen molar-refractivity contribution in [3.05, 3.63) is 22.9 Å². The summed E-state index contributed by atoms with van der Waals surface area (Å²) in [4.78, 5) is 9.61. The number of anilines is 1. The molecule has 0 saturated carbocycles. The van der Waals surface area contributed by atoms with Gasteiger partial charge in [-0.3, -0.25) is 0 Å². The molecule has 1 fully saturated rings. The predicted molar refractivity (Wildman–Crippen MR) is 80.5 cm³/mol. The molecule has 0 bridgehead atoms. The van der Waals surface area contributed by atoms with Crippen LogP contribution in [0.15, 0.2) is 6.07 Å². The molecule has 4 heteroatoms. The maximum absolute atomic E-state index is 5.94. The highest BCUT2D eigenvalue weighted by Crippen LogP contribution is 2.25. The van der Waals surface area contributed by atoms with E-state index in [1.165, 1.54) is 17.5 Å². The number of hydrogen-bond acceptors (Lipinski definition) is 4. The van der Waals surface area contributed by atoms with Gasteiger partial charge in [-0.1, -0.05) is 0 Å². The van der Waals surface area contributed by atoms with Crippen LogP contribution in [0.4, 0.5) is 5.82 Å². The van der Waals surface area contributed by atoms with E-state index in [9.17, 15) is 0 Å². The van der Waals surface area contributed by atoms with Gasteiger partial charge in [0.25, 0.3) is 0 Å². The van der Waals surface area contributed by atoms with E-state index in [4.69, 9.17) is 10.7 Å². The number of aryl methyl sites for hydroxylation is 2. The first-order chi connectivity index (χ1) is 9.02. The average molecular weight is 262 g/mol. The number of rotatable bonds is 2. The Hall–Kier alpha value is -1.13. The molecule has 2 heterocycles. The van der Waals surface area contributed by atoms with Crippen LogP contribution in [-0.2, 0) is 6.54 Å². The van der Waals surface area contributed by atoms with Crippen LogP contribution in [0.25, 0.3) is 0 Å². The molecule has 0 amide bonds. The largest absolute Gasteiger partial charge is 0.352 e. The Balaban J connectivity index is 2.39. The summed E-state index contributed by atoms with van der Waals surface area (Å²) in [7, 11) is 2.19. The Kier molecular flexibility index (Phi) is 4.42. The molecule has 2 N–H and O–H groups in total. The fourth-order valence-electron chi connectivity index (χ4n) is 3.02. The van der Waals surface area contributed by atoms with Crippen molar-refractivity contribution in [3.63, 3.8) is 0 Å². The highest BCUT2D eigenvalue weighted by atomic mass is 15.3. The molecule has 1 saturated heterocycles. The molecule has 0 spiro atoms. The number of nitrogens with zero attached hydrogens (tertiary/aromatic N) is 3. The third-order valence-electron chi connectivity index (χ3n) is 3.98. The van der Waals surface area contributed by atoms with Crippen LogP contribution >= 0.6 is 0 Å². The molecule has 4 nitrogen and oxygen atoms in total. The molecule has 19 heavy (non-hydrogen) atoms. The van der Waals surface area contributed by atoms with Gasteiger partial charge in [-0.15, -0.1) is 0 Å². The van der Waals surface area contributed by atoms with E-state index >= 15 is 0 Å². The third kappa shape index (κ3) is 3.07. The lowest BCUT2D eigenvalue weighted by Gasteiger charge is -2.31. The lowest BCUT2D eigenvalue weighted by molar-refractivity contribution is 0.337. The molecular weight excluding hydrogens is 236 g/mol. The molecule has 2 rings (SSSR count). The molecule has 1 aromatic heterocycles. The second kappa shape index (κ2) is 5.88. The van der Waals surface area contributed by atoms with E-state index < -0.39 is 0 Å². The topological polar surface area (TPSA) is 45.4 Å². The Morgan fingerprint density at radius 3 is 2.79 bits per heavy atom. The lowest BCUT2D eigenvalue weighted by Crippen LogP contribution is -2.39. The highest BCUT2D eigenvalue weighted by molar-refractivity contribution is 5.52. The van der Waals surface area contributed by atoms with Gasteiger partial charge in [0.2, 0.25) is 0 Å². The van der Waals surface area contributed by atoms with Crippen LogP contribution in [0.2, 0.25) is 0 Å². The van der Waals surface area contributed by atoms with E-state index in [-0.39, 0.29) is 0 Å². The normalized spacial score (nSPS) is 21.5. The molecule has 0 radical (unpaired) electrons. The first-order valence-electron chi connectivity index (χ1n) is 7.15. The number of nitrogens with two attached hydrogens (primary N) is 1. The van der Waals surface area contributed by atoms with E-state index in [0.717, 1.165) is 31.1 Å². The highest BCUT2D eigenvalue weighted by Gasteiger charge is 2.23. The molecule has 1 aliphatic rings. The summed E-state index contributed by atoms with van der Waals surface area (Å²) in [6.07, 6.45) is 1.18. The van der Waals surface area contributed by atoms with E-state index in [0.29, 0.717) is 12.6 Å². The quantitative estimate of drug-likeness (QED) is 0.881. The standard InChI is InChI=1S/C15H26N4/c1-11-8-12(2)17-15(14(11)9-16)19-7-5-6-18(4)10-13(19)3/h8,13H,5-7,9-10,16H2,1-4H3. The average Bonchev–Trinajstić information content (AvgIpc) is 2.49. The van der Waals surface area contributed by atoms with Crippen molar-refractivity contribution in [1.29, 1.82) is 0 Å². The monoisotopic (exact) mass is 262 g/mol.